The minimum atomic E-state index is -3.70. The number of hydrogen-bond acceptors (Lipinski definition) is 5. The first-order valence-corrected chi connectivity index (χ1v) is 9.98. The molecule has 2 aliphatic rings. The smallest absolute Gasteiger partial charge is 0.251 e. The van der Waals surface area contributed by atoms with Gasteiger partial charge < -0.3 is 14.6 Å². The quantitative estimate of drug-likeness (QED) is 0.783. The third-order valence-electron chi connectivity index (χ3n) is 4.60. The van der Waals surface area contributed by atoms with Crippen LogP contribution in [0, 0.1) is 0 Å². The molecule has 0 radical (unpaired) electrons. The van der Waals surface area contributed by atoms with Gasteiger partial charge in [0, 0.05) is 31.4 Å². The second kappa shape index (κ2) is 7.67. The van der Waals surface area contributed by atoms with Crippen molar-refractivity contribution in [1.29, 1.82) is 0 Å². The summed E-state index contributed by atoms with van der Waals surface area (Å²) in [5, 5.41) is 2.90. The molecule has 1 aromatic heterocycles. The molecule has 1 aliphatic heterocycles. The molecule has 3 rings (SSSR count). The molecule has 2 heterocycles. The van der Waals surface area contributed by atoms with E-state index in [1.54, 1.807) is 0 Å². The van der Waals surface area contributed by atoms with E-state index in [0.29, 0.717) is 13.2 Å². The molecule has 0 aromatic carbocycles. The summed E-state index contributed by atoms with van der Waals surface area (Å²) in [5.74, 6) is -0.269. The summed E-state index contributed by atoms with van der Waals surface area (Å²) in [7, 11) is -3.70. The van der Waals surface area contributed by atoms with Gasteiger partial charge in [-0.25, -0.2) is 8.42 Å². The predicted octanol–water partition coefficient (Wildman–Crippen LogP) is -0.0720. The average Bonchev–Trinajstić information content (AvgIpc) is 3.10. The van der Waals surface area contributed by atoms with Crippen LogP contribution in [0.1, 0.15) is 25.7 Å². The molecule has 138 valence electrons. The number of nitrogens with zero attached hydrogens (tertiary/aromatic N) is 2. The lowest BCUT2D eigenvalue weighted by atomic mass is 10.2. The number of morpholine rings is 1. The van der Waals surface area contributed by atoms with E-state index in [9.17, 15) is 18.0 Å². The average molecular weight is 369 g/mol. The monoisotopic (exact) mass is 369 g/mol. The lowest BCUT2D eigenvalue weighted by Crippen LogP contribution is -2.41. The normalized spacial score (nSPS) is 19.8. The summed E-state index contributed by atoms with van der Waals surface area (Å²) in [6, 6.07) is 2.64. The highest BCUT2D eigenvalue weighted by Crippen LogP contribution is 2.18. The van der Waals surface area contributed by atoms with Gasteiger partial charge in [0.15, 0.2) is 0 Å². The van der Waals surface area contributed by atoms with Crippen molar-refractivity contribution in [2.75, 3.05) is 26.3 Å². The van der Waals surface area contributed by atoms with Crippen molar-refractivity contribution in [3.63, 3.8) is 0 Å². The first-order chi connectivity index (χ1) is 12.0. The molecule has 1 N–H and O–H groups in total. The highest BCUT2D eigenvalue weighted by molar-refractivity contribution is 7.89. The van der Waals surface area contributed by atoms with E-state index >= 15 is 0 Å². The molecule has 1 saturated heterocycles. The van der Waals surface area contributed by atoms with Gasteiger partial charge in [-0.1, -0.05) is 12.8 Å². The zero-order valence-electron chi connectivity index (χ0n) is 14.0. The number of carbonyl (C=O) groups is 1. The molecule has 2 fully saturated rings. The van der Waals surface area contributed by atoms with Crippen LogP contribution in [0.15, 0.2) is 28.0 Å². The third-order valence-corrected chi connectivity index (χ3v) is 6.48. The molecular formula is C16H23N3O5S. The van der Waals surface area contributed by atoms with E-state index in [1.807, 2.05) is 0 Å². The maximum Gasteiger partial charge on any atom is 0.251 e. The van der Waals surface area contributed by atoms with Crippen molar-refractivity contribution in [2.45, 2.75) is 43.2 Å². The van der Waals surface area contributed by atoms with Crippen LogP contribution in [0.25, 0.3) is 0 Å². The molecule has 0 bridgehead atoms. The topological polar surface area (TPSA) is 97.7 Å². The summed E-state index contributed by atoms with van der Waals surface area (Å²) < 4.78 is 33.0. The highest BCUT2D eigenvalue weighted by atomic mass is 32.2. The van der Waals surface area contributed by atoms with Crippen LogP contribution in [-0.4, -0.2) is 55.5 Å². The van der Waals surface area contributed by atoms with Crippen LogP contribution >= 0.6 is 0 Å². The SMILES string of the molecule is O=C(Cn1cc(S(=O)(=O)N2CCOCC2)ccc1=O)NC1CCCC1. The molecule has 1 aliphatic carbocycles. The summed E-state index contributed by atoms with van der Waals surface area (Å²) >= 11 is 0. The Balaban J connectivity index is 1.75. The lowest BCUT2D eigenvalue weighted by Gasteiger charge is -2.26. The Bertz CT molecular complexity index is 777. The van der Waals surface area contributed by atoms with E-state index in [2.05, 4.69) is 5.32 Å². The number of aromatic nitrogens is 1. The number of pyridine rings is 1. The van der Waals surface area contributed by atoms with Gasteiger partial charge in [0.05, 0.1) is 18.1 Å². The van der Waals surface area contributed by atoms with Crippen molar-refractivity contribution in [3.8, 4) is 0 Å². The Morgan fingerprint density at radius 2 is 1.88 bits per heavy atom. The number of rotatable bonds is 5. The van der Waals surface area contributed by atoms with Crippen molar-refractivity contribution in [3.05, 3.63) is 28.7 Å². The second-order valence-corrected chi connectivity index (χ2v) is 8.33. The van der Waals surface area contributed by atoms with Crippen molar-refractivity contribution >= 4 is 15.9 Å². The fourth-order valence-electron chi connectivity index (χ4n) is 3.22. The zero-order valence-corrected chi connectivity index (χ0v) is 14.8. The highest BCUT2D eigenvalue weighted by Gasteiger charge is 2.27. The maximum absolute atomic E-state index is 12.7. The van der Waals surface area contributed by atoms with Crippen LogP contribution in [0.4, 0.5) is 0 Å². The van der Waals surface area contributed by atoms with Crippen molar-refractivity contribution < 1.29 is 17.9 Å². The Morgan fingerprint density at radius 1 is 1.20 bits per heavy atom. The van der Waals surface area contributed by atoms with E-state index in [1.165, 1.54) is 22.6 Å². The predicted molar refractivity (Wildman–Crippen MR) is 90.7 cm³/mol. The van der Waals surface area contributed by atoms with Gasteiger partial charge in [0.1, 0.15) is 6.54 Å². The fraction of sp³-hybridized carbons (Fsp3) is 0.625. The van der Waals surface area contributed by atoms with E-state index in [-0.39, 0.29) is 36.5 Å². The Kier molecular flexibility index (Phi) is 5.55. The molecule has 9 heteroatoms. The first-order valence-electron chi connectivity index (χ1n) is 8.54. The minimum Gasteiger partial charge on any atom is -0.379 e. The van der Waals surface area contributed by atoms with Gasteiger partial charge in [0.2, 0.25) is 15.9 Å². The molecule has 8 nitrogen and oxygen atoms in total. The van der Waals surface area contributed by atoms with Crippen molar-refractivity contribution in [1.82, 2.24) is 14.2 Å². The molecule has 1 aromatic rings. The number of carbonyl (C=O) groups excluding carboxylic acids is 1. The minimum absolute atomic E-state index is 0.0164. The Morgan fingerprint density at radius 3 is 2.56 bits per heavy atom. The molecular weight excluding hydrogens is 346 g/mol. The first kappa shape index (κ1) is 18.1. The zero-order chi connectivity index (χ0) is 17.9. The number of nitrogens with one attached hydrogen (secondary N) is 1. The van der Waals surface area contributed by atoms with Crippen LogP contribution in [-0.2, 0) is 26.1 Å². The van der Waals surface area contributed by atoms with E-state index in [4.69, 9.17) is 4.74 Å². The number of ether oxygens (including phenoxy) is 1. The standard InChI is InChI=1S/C16H23N3O5S/c20-15(17-13-3-1-2-4-13)12-18-11-14(5-6-16(18)21)25(22,23)19-7-9-24-10-8-19/h5-6,11,13H,1-4,7-10,12H2,(H,17,20). The van der Waals surface area contributed by atoms with Crippen LogP contribution < -0.4 is 10.9 Å². The number of amides is 1. The molecule has 25 heavy (non-hydrogen) atoms. The molecule has 1 saturated carbocycles. The van der Waals surface area contributed by atoms with Crippen molar-refractivity contribution in [2.24, 2.45) is 0 Å². The van der Waals surface area contributed by atoms with Crippen LogP contribution in [0.2, 0.25) is 0 Å². The van der Waals surface area contributed by atoms with Gasteiger partial charge in [-0.3, -0.25) is 9.59 Å². The van der Waals surface area contributed by atoms with E-state index < -0.39 is 15.6 Å². The summed E-state index contributed by atoms with van der Waals surface area (Å²) in [6.45, 7) is 1.08. The summed E-state index contributed by atoms with van der Waals surface area (Å²) in [6.07, 6.45) is 5.34. The van der Waals surface area contributed by atoms with E-state index in [0.717, 1.165) is 30.3 Å². The van der Waals surface area contributed by atoms with Gasteiger partial charge in [-0.2, -0.15) is 4.31 Å². The Labute approximate surface area is 146 Å². The van der Waals surface area contributed by atoms with Gasteiger partial charge in [-0.15, -0.1) is 0 Å². The molecule has 0 unspecified atom stereocenters. The second-order valence-electron chi connectivity index (χ2n) is 6.40. The maximum atomic E-state index is 12.7. The van der Waals surface area contributed by atoms with Crippen LogP contribution in [0.3, 0.4) is 0 Å². The number of sulfonamides is 1. The lowest BCUT2D eigenvalue weighted by molar-refractivity contribution is -0.122. The van der Waals surface area contributed by atoms with Gasteiger partial charge in [0.25, 0.3) is 5.56 Å². The fourth-order valence-corrected chi connectivity index (χ4v) is 4.65. The Hall–Kier alpha value is -1.71. The van der Waals surface area contributed by atoms with Gasteiger partial charge in [-0.05, 0) is 18.9 Å². The third kappa shape index (κ3) is 4.28. The number of hydrogen-bond donors (Lipinski definition) is 1. The molecule has 1 amide bonds. The summed E-state index contributed by atoms with van der Waals surface area (Å²) in [5.41, 5.74) is -0.400. The van der Waals surface area contributed by atoms with Crippen LogP contribution in [0.5, 0.6) is 0 Å². The summed E-state index contributed by atoms with van der Waals surface area (Å²) in [4.78, 5) is 24.2. The molecule has 0 atom stereocenters. The molecule has 0 spiro atoms. The largest absolute Gasteiger partial charge is 0.379 e. The van der Waals surface area contributed by atoms with Gasteiger partial charge >= 0.3 is 0 Å².